The fourth-order valence-electron chi connectivity index (χ4n) is 2.40. The number of para-hydroxylation sites is 2. The van der Waals surface area contributed by atoms with E-state index in [2.05, 4.69) is 27.8 Å². The number of rotatable bonds is 2. The van der Waals surface area contributed by atoms with Crippen LogP contribution in [0.2, 0.25) is 0 Å². The molecule has 0 amide bonds. The first-order chi connectivity index (χ1) is 11.2. The Labute approximate surface area is 136 Å². The van der Waals surface area contributed by atoms with Crippen molar-refractivity contribution in [2.75, 3.05) is 0 Å². The second-order valence-corrected chi connectivity index (χ2v) is 5.46. The molecule has 6 heteroatoms. The van der Waals surface area contributed by atoms with E-state index in [4.69, 9.17) is 4.42 Å². The van der Waals surface area contributed by atoms with Crippen LogP contribution >= 0.6 is 12.6 Å². The molecule has 0 bridgehead atoms. The number of benzene rings is 3. The number of phenols is 1. The van der Waals surface area contributed by atoms with Gasteiger partial charge in [0.25, 0.3) is 0 Å². The lowest BCUT2D eigenvalue weighted by atomic mass is 10.1. The molecule has 0 saturated carbocycles. The van der Waals surface area contributed by atoms with Gasteiger partial charge in [0.15, 0.2) is 11.3 Å². The number of phenolic OH excluding ortho intramolecular Hbond substituents is 1. The number of aromatic nitrogens is 1. The molecule has 0 fully saturated rings. The number of fused-ring (bicyclic) bond motifs is 2. The zero-order chi connectivity index (χ0) is 15.8. The Bertz CT molecular complexity index is 1020. The summed E-state index contributed by atoms with van der Waals surface area (Å²) in [4.78, 5) is 4.74. The zero-order valence-corrected chi connectivity index (χ0v) is 12.7. The lowest BCUT2D eigenvalue weighted by Crippen LogP contribution is -1.77. The molecule has 3 aromatic carbocycles. The summed E-state index contributed by atoms with van der Waals surface area (Å²) < 4.78 is 5.48. The Morgan fingerprint density at radius 2 is 1.78 bits per heavy atom. The van der Waals surface area contributed by atoms with Crippen LogP contribution in [0.4, 0.5) is 11.7 Å². The van der Waals surface area contributed by atoms with E-state index < -0.39 is 0 Å². The van der Waals surface area contributed by atoms with Crippen LogP contribution in [-0.2, 0) is 0 Å². The van der Waals surface area contributed by atoms with E-state index in [9.17, 15) is 5.11 Å². The van der Waals surface area contributed by atoms with Crippen molar-refractivity contribution in [3.63, 3.8) is 0 Å². The Balaban J connectivity index is 1.80. The molecule has 0 saturated heterocycles. The summed E-state index contributed by atoms with van der Waals surface area (Å²) in [6, 6.07) is 16.8. The van der Waals surface area contributed by atoms with Crippen LogP contribution in [0.15, 0.2) is 74.1 Å². The molecule has 1 N–H and O–H groups in total. The molecule has 0 aliphatic carbocycles. The van der Waals surface area contributed by atoms with Crippen molar-refractivity contribution in [2.24, 2.45) is 10.2 Å². The van der Waals surface area contributed by atoms with Gasteiger partial charge in [-0.05, 0) is 23.6 Å². The molecule has 0 aliphatic heterocycles. The van der Waals surface area contributed by atoms with Crippen molar-refractivity contribution in [3.05, 3.63) is 54.6 Å². The van der Waals surface area contributed by atoms with Gasteiger partial charge >= 0.3 is 6.01 Å². The predicted octanol–water partition coefficient (Wildman–Crippen LogP) is 5.39. The summed E-state index contributed by atoms with van der Waals surface area (Å²) in [5, 5.41) is 20.0. The van der Waals surface area contributed by atoms with Crippen LogP contribution in [0.1, 0.15) is 0 Å². The summed E-state index contributed by atoms with van der Waals surface area (Å²) in [6.07, 6.45) is 0. The lowest BCUT2D eigenvalue weighted by Gasteiger charge is -2.06. The molecule has 4 aromatic rings. The number of hydrogen-bond acceptors (Lipinski definition) is 6. The summed E-state index contributed by atoms with van der Waals surface area (Å²) >= 11 is 4.38. The van der Waals surface area contributed by atoms with E-state index in [1.165, 1.54) is 0 Å². The average molecular weight is 321 g/mol. The van der Waals surface area contributed by atoms with E-state index in [-0.39, 0.29) is 17.5 Å². The Hall–Kier alpha value is -2.86. The van der Waals surface area contributed by atoms with Gasteiger partial charge in [0, 0.05) is 10.3 Å². The average Bonchev–Trinajstić information content (AvgIpc) is 2.97. The molecule has 0 unspecified atom stereocenters. The van der Waals surface area contributed by atoms with Gasteiger partial charge in [0.2, 0.25) is 0 Å². The van der Waals surface area contributed by atoms with Crippen molar-refractivity contribution in [1.82, 2.24) is 4.98 Å². The first-order valence-electron chi connectivity index (χ1n) is 6.93. The maximum Gasteiger partial charge on any atom is 0.341 e. The Kier molecular flexibility index (Phi) is 3.24. The lowest BCUT2D eigenvalue weighted by molar-refractivity contribution is 0.481. The monoisotopic (exact) mass is 321 g/mol. The van der Waals surface area contributed by atoms with E-state index in [0.29, 0.717) is 21.4 Å². The minimum absolute atomic E-state index is 0.0351. The predicted molar refractivity (Wildman–Crippen MR) is 91.0 cm³/mol. The third-order valence-electron chi connectivity index (χ3n) is 3.49. The van der Waals surface area contributed by atoms with Gasteiger partial charge in [0.05, 0.1) is 0 Å². The smallest absolute Gasteiger partial charge is 0.341 e. The first kappa shape index (κ1) is 13.8. The highest BCUT2D eigenvalue weighted by atomic mass is 32.1. The maximum atomic E-state index is 10.4. The molecular weight excluding hydrogens is 310 g/mol. The van der Waals surface area contributed by atoms with E-state index in [0.717, 1.165) is 5.39 Å². The van der Waals surface area contributed by atoms with Crippen molar-refractivity contribution < 1.29 is 9.52 Å². The number of hydrogen-bond donors (Lipinski definition) is 2. The summed E-state index contributed by atoms with van der Waals surface area (Å²) in [5.41, 5.74) is 1.62. The van der Waals surface area contributed by atoms with Crippen molar-refractivity contribution >= 4 is 46.2 Å². The minimum Gasteiger partial charge on any atom is -0.505 e. The molecule has 1 aromatic heterocycles. The first-order valence-corrected chi connectivity index (χ1v) is 7.38. The SMILES string of the molecule is Oc1c(/N=N/c2nc3ccccc3o2)c(S)cc2ccccc12. The normalized spacial score (nSPS) is 11.7. The third kappa shape index (κ3) is 2.43. The van der Waals surface area contributed by atoms with Gasteiger partial charge in [-0.2, -0.15) is 4.98 Å². The Morgan fingerprint density at radius 3 is 2.65 bits per heavy atom. The number of oxazole rings is 1. The van der Waals surface area contributed by atoms with Crippen LogP contribution in [0, 0.1) is 0 Å². The molecule has 0 atom stereocenters. The molecule has 0 aliphatic rings. The van der Waals surface area contributed by atoms with Crippen LogP contribution in [0.25, 0.3) is 21.9 Å². The number of nitrogens with zero attached hydrogens (tertiary/aromatic N) is 3. The van der Waals surface area contributed by atoms with Gasteiger partial charge in [-0.25, -0.2) is 0 Å². The fraction of sp³-hybridized carbons (Fsp3) is 0. The molecule has 5 nitrogen and oxygen atoms in total. The highest BCUT2D eigenvalue weighted by Gasteiger charge is 2.11. The van der Waals surface area contributed by atoms with E-state index in [1.54, 1.807) is 6.07 Å². The topological polar surface area (TPSA) is 71.0 Å². The number of thiol groups is 1. The van der Waals surface area contributed by atoms with Crippen molar-refractivity contribution in [1.29, 1.82) is 0 Å². The minimum atomic E-state index is 0.0351. The molecule has 0 spiro atoms. The van der Waals surface area contributed by atoms with Gasteiger partial charge in [-0.3, -0.25) is 0 Å². The molecule has 0 radical (unpaired) electrons. The number of azo groups is 1. The van der Waals surface area contributed by atoms with Crippen LogP contribution < -0.4 is 0 Å². The number of aromatic hydroxyl groups is 1. The van der Waals surface area contributed by atoms with Crippen molar-refractivity contribution in [3.8, 4) is 5.75 Å². The van der Waals surface area contributed by atoms with Crippen LogP contribution in [-0.4, -0.2) is 10.1 Å². The molecular formula is C17H11N3O2S. The summed E-state index contributed by atoms with van der Waals surface area (Å²) in [6.45, 7) is 0. The molecule has 23 heavy (non-hydrogen) atoms. The highest BCUT2D eigenvalue weighted by Crippen LogP contribution is 2.40. The fourth-order valence-corrected chi connectivity index (χ4v) is 2.69. The molecule has 112 valence electrons. The van der Waals surface area contributed by atoms with Gasteiger partial charge in [-0.15, -0.1) is 17.7 Å². The van der Waals surface area contributed by atoms with E-state index in [1.807, 2.05) is 48.5 Å². The van der Waals surface area contributed by atoms with Gasteiger partial charge in [0.1, 0.15) is 11.2 Å². The largest absolute Gasteiger partial charge is 0.505 e. The zero-order valence-electron chi connectivity index (χ0n) is 11.8. The molecule has 1 heterocycles. The van der Waals surface area contributed by atoms with Crippen LogP contribution in [0.3, 0.4) is 0 Å². The van der Waals surface area contributed by atoms with Crippen LogP contribution in [0.5, 0.6) is 5.75 Å². The van der Waals surface area contributed by atoms with Gasteiger partial charge < -0.3 is 9.52 Å². The van der Waals surface area contributed by atoms with E-state index >= 15 is 0 Å². The Morgan fingerprint density at radius 1 is 1.00 bits per heavy atom. The summed E-state index contributed by atoms with van der Waals surface area (Å²) in [5.74, 6) is 0.0351. The van der Waals surface area contributed by atoms with Gasteiger partial charge in [-0.1, -0.05) is 41.5 Å². The summed E-state index contributed by atoms with van der Waals surface area (Å²) in [7, 11) is 0. The standard InChI is InChI=1S/C17H11N3O2S/c21-16-11-6-2-1-5-10(11)9-14(23)15(16)19-20-17-18-12-7-3-4-8-13(12)22-17/h1-9,21,23H/b20-19+. The van der Waals surface area contributed by atoms with Crippen molar-refractivity contribution in [2.45, 2.75) is 4.90 Å². The maximum absolute atomic E-state index is 10.4. The quantitative estimate of drug-likeness (QED) is 0.384. The molecule has 4 rings (SSSR count). The second-order valence-electron chi connectivity index (χ2n) is 4.98. The highest BCUT2D eigenvalue weighted by molar-refractivity contribution is 7.80. The third-order valence-corrected chi connectivity index (χ3v) is 3.83. The second kappa shape index (κ2) is 5.40.